The van der Waals surface area contributed by atoms with E-state index < -0.39 is 6.09 Å². The lowest BCUT2D eigenvalue weighted by Crippen LogP contribution is -2.27. The van der Waals surface area contributed by atoms with Gasteiger partial charge in [-0.3, -0.25) is 0 Å². The van der Waals surface area contributed by atoms with Crippen LogP contribution < -0.4 is 5.32 Å². The lowest BCUT2D eigenvalue weighted by atomic mass is 10.3. The Labute approximate surface area is 89.5 Å². The van der Waals surface area contributed by atoms with Crippen LogP contribution in [0, 0.1) is 0 Å². The second-order valence-electron chi connectivity index (χ2n) is 2.83. The van der Waals surface area contributed by atoms with Gasteiger partial charge in [-0.1, -0.05) is 0 Å². The largest absolute Gasteiger partial charge is 0.447 e. The van der Waals surface area contributed by atoms with Crippen LogP contribution in [0.15, 0.2) is 0 Å². The summed E-state index contributed by atoms with van der Waals surface area (Å²) in [4.78, 5) is 10.9. The molecule has 0 bridgehead atoms. The van der Waals surface area contributed by atoms with E-state index in [1.165, 1.54) is 0 Å². The monoisotopic (exact) mass is 221 g/mol. The molecule has 0 aliphatic rings. The van der Waals surface area contributed by atoms with Crippen LogP contribution in [-0.2, 0) is 14.2 Å². The number of alkyl carbamates (subject to hydrolysis) is 1. The molecule has 0 aliphatic carbocycles. The Morgan fingerprint density at radius 3 is 2.60 bits per heavy atom. The molecular formula is C9H19NO5. The van der Waals surface area contributed by atoms with Gasteiger partial charge in [-0.25, -0.2) is 4.79 Å². The van der Waals surface area contributed by atoms with Crippen molar-refractivity contribution in [2.24, 2.45) is 0 Å². The first kappa shape index (κ1) is 14.2. The molecule has 6 heteroatoms. The molecule has 0 aromatic rings. The van der Waals surface area contributed by atoms with Crippen molar-refractivity contribution in [2.45, 2.75) is 19.1 Å². The first-order chi connectivity index (χ1) is 7.24. The van der Waals surface area contributed by atoms with Crippen molar-refractivity contribution in [3.8, 4) is 0 Å². The van der Waals surface area contributed by atoms with E-state index >= 15 is 0 Å². The summed E-state index contributed by atoms with van der Waals surface area (Å²) >= 11 is 0. The van der Waals surface area contributed by atoms with Crippen LogP contribution in [0.4, 0.5) is 4.79 Å². The summed E-state index contributed by atoms with van der Waals surface area (Å²) in [7, 11) is 3.13. The number of carbonyl (C=O) groups excluding carboxylic acids is 1. The SMILES string of the molecule is COC(CCCNC(=O)OCCO)OC. The van der Waals surface area contributed by atoms with Gasteiger partial charge in [0.05, 0.1) is 6.61 Å². The van der Waals surface area contributed by atoms with Gasteiger partial charge in [-0.2, -0.15) is 0 Å². The van der Waals surface area contributed by atoms with E-state index in [2.05, 4.69) is 10.1 Å². The number of methoxy groups -OCH3 is 2. The number of hydrogen-bond acceptors (Lipinski definition) is 5. The highest BCUT2D eigenvalue weighted by molar-refractivity contribution is 5.66. The third-order valence-electron chi connectivity index (χ3n) is 1.74. The summed E-state index contributed by atoms with van der Waals surface area (Å²) in [6.45, 7) is 0.348. The van der Waals surface area contributed by atoms with Crippen molar-refractivity contribution < 1.29 is 24.1 Å². The standard InChI is InChI=1S/C9H19NO5/c1-13-8(14-2)4-3-5-10-9(12)15-7-6-11/h8,11H,3-7H2,1-2H3,(H,10,12). The summed E-state index contributed by atoms with van der Waals surface area (Å²) in [6, 6.07) is 0. The second-order valence-corrected chi connectivity index (χ2v) is 2.83. The van der Waals surface area contributed by atoms with E-state index in [1.54, 1.807) is 14.2 Å². The van der Waals surface area contributed by atoms with E-state index in [0.717, 1.165) is 6.42 Å². The molecule has 0 saturated carbocycles. The molecule has 0 radical (unpaired) electrons. The van der Waals surface area contributed by atoms with E-state index in [-0.39, 0.29) is 19.5 Å². The van der Waals surface area contributed by atoms with Gasteiger partial charge < -0.3 is 24.6 Å². The number of ether oxygens (including phenoxy) is 3. The Kier molecular flexibility index (Phi) is 9.15. The first-order valence-corrected chi connectivity index (χ1v) is 4.81. The van der Waals surface area contributed by atoms with Crippen molar-refractivity contribution in [1.29, 1.82) is 0 Å². The van der Waals surface area contributed by atoms with Gasteiger partial charge >= 0.3 is 6.09 Å². The Morgan fingerprint density at radius 2 is 2.07 bits per heavy atom. The fourth-order valence-electron chi connectivity index (χ4n) is 0.980. The number of aliphatic hydroxyl groups is 1. The van der Waals surface area contributed by atoms with Gasteiger partial charge in [-0.05, 0) is 6.42 Å². The molecule has 6 nitrogen and oxygen atoms in total. The number of carbonyl (C=O) groups is 1. The molecule has 15 heavy (non-hydrogen) atoms. The molecule has 0 aliphatic heterocycles. The van der Waals surface area contributed by atoms with Gasteiger partial charge in [0.25, 0.3) is 0 Å². The Morgan fingerprint density at radius 1 is 1.40 bits per heavy atom. The van der Waals surface area contributed by atoms with E-state index in [4.69, 9.17) is 14.6 Å². The smallest absolute Gasteiger partial charge is 0.407 e. The third kappa shape index (κ3) is 8.17. The van der Waals surface area contributed by atoms with Crippen LogP contribution in [0.25, 0.3) is 0 Å². The Bertz CT molecular complexity index is 161. The zero-order chi connectivity index (χ0) is 11.5. The zero-order valence-corrected chi connectivity index (χ0v) is 9.19. The predicted octanol–water partition coefficient (Wildman–Crippen LogP) is 0.104. The molecule has 90 valence electrons. The van der Waals surface area contributed by atoms with Gasteiger partial charge in [0, 0.05) is 27.2 Å². The van der Waals surface area contributed by atoms with Crippen LogP contribution in [0.2, 0.25) is 0 Å². The molecule has 0 aromatic heterocycles. The molecule has 0 heterocycles. The predicted molar refractivity (Wildman–Crippen MR) is 53.5 cm³/mol. The van der Waals surface area contributed by atoms with Crippen LogP contribution >= 0.6 is 0 Å². The maximum Gasteiger partial charge on any atom is 0.407 e. The molecule has 0 spiro atoms. The minimum Gasteiger partial charge on any atom is -0.447 e. The molecular weight excluding hydrogens is 202 g/mol. The number of amides is 1. The maximum absolute atomic E-state index is 10.9. The van der Waals surface area contributed by atoms with Crippen molar-refractivity contribution in [3.05, 3.63) is 0 Å². The van der Waals surface area contributed by atoms with Crippen molar-refractivity contribution >= 4 is 6.09 Å². The van der Waals surface area contributed by atoms with Gasteiger partial charge in [0.2, 0.25) is 0 Å². The van der Waals surface area contributed by atoms with Gasteiger partial charge in [0.15, 0.2) is 6.29 Å². The molecule has 0 fully saturated rings. The fourth-order valence-corrected chi connectivity index (χ4v) is 0.980. The van der Waals surface area contributed by atoms with Crippen LogP contribution in [-0.4, -0.2) is 51.5 Å². The van der Waals surface area contributed by atoms with E-state index in [1.807, 2.05) is 0 Å². The zero-order valence-electron chi connectivity index (χ0n) is 9.19. The topological polar surface area (TPSA) is 77.0 Å². The van der Waals surface area contributed by atoms with Crippen LogP contribution in [0.5, 0.6) is 0 Å². The average molecular weight is 221 g/mol. The fraction of sp³-hybridized carbons (Fsp3) is 0.889. The molecule has 0 aromatic carbocycles. The van der Waals surface area contributed by atoms with Gasteiger partial charge in [0.1, 0.15) is 6.61 Å². The summed E-state index contributed by atoms with van der Waals surface area (Å²) in [5, 5.41) is 10.9. The van der Waals surface area contributed by atoms with Crippen molar-refractivity contribution in [3.63, 3.8) is 0 Å². The normalized spacial score (nSPS) is 10.4. The first-order valence-electron chi connectivity index (χ1n) is 4.81. The van der Waals surface area contributed by atoms with E-state index in [0.29, 0.717) is 13.0 Å². The molecule has 0 unspecified atom stereocenters. The molecule has 0 atom stereocenters. The van der Waals surface area contributed by atoms with Crippen molar-refractivity contribution in [1.82, 2.24) is 5.32 Å². The Hall–Kier alpha value is -0.850. The van der Waals surface area contributed by atoms with Crippen LogP contribution in [0.3, 0.4) is 0 Å². The molecule has 0 rings (SSSR count). The van der Waals surface area contributed by atoms with Crippen LogP contribution in [0.1, 0.15) is 12.8 Å². The molecule has 1 amide bonds. The quantitative estimate of drug-likeness (QED) is 0.449. The summed E-state index contributed by atoms with van der Waals surface area (Å²) in [6.07, 6.45) is 0.684. The number of aliphatic hydroxyl groups excluding tert-OH is 1. The minimum atomic E-state index is -0.518. The molecule has 2 N–H and O–H groups in total. The average Bonchev–Trinajstić information content (AvgIpc) is 2.26. The number of rotatable bonds is 8. The lowest BCUT2D eigenvalue weighted by molar-refractivity contribution is -0.106. The third-order valence-corrected chi connectivity index (χ3v) is 1.74. The van der Waals surface area contributed by atoms with E-state index in [9.17, 15) is 4.79 Å². The highest BCUT2D eigenvalue weighted by atomic mass is 16.7. The molecule has 0 saturated heterocycles. The minimum absolute atomic E-state index is 0.0185. The second kappa shape index (κ2) is 9.70. The highest BCUT2D eigenvalue weighted by Gasteiger charge is 2.05. The summed E-state index contributed by atoms with van der Waals surface area (Å²) in [5.41, 5.74) is 0. The van der Waals surface area contributed by atoms with Crippen molar-refractivity contribution in [2.75, 3.05) is 34.0 Å². The maximum atomic E-state index is 10.9. The summed E-state index contributed by atoms with van der Waals surface area (Å²) < 4.78 is 14.5. The Balaban J connectivity index is 3.33. The summed E-state index contributed by atoms with van der Waals surface area (Å²) in [5.74, 6) is 0. The van der Waals surface area contributed by atoms with Gasteiger partial charge in [-0.15, -0.1) is 0 Å². The lowest BCUT2D eigenvalue weighted by Gasteiger charge is -2.12. The highest BCUT2D eigenvalue weighted by Crippen LogP contribution is 2.00. The number of hydrogen-bond donors (Lipinski definition) is 2. The number of nitrogens with one attached hydrogen (secondary N) is 1.